The number of nitrogens with zero attached hydrogens (tertiary/aromatic N) is 1. The van der Waals surface area contributed by atoms with Crippen molar-refractivity contribution in [3.05, 3.63) is 0 Å². The van der Waals surface area contributed by atoms with Gasteiger partial charge >= 0.3 is 12.0 Å². The number of rotatable bonds is 6. The molecule has 6 nitrogen and oxygen atoms in total. The molecule has 0 aliphatic heterocycles. The zero-order valence-electron chi connectivity index (χ0n) is 15.1. The van der Waals surface area contributed by atoms with Crippen molar-refractivity contribution in [3.8, 4) is 0 Å². The van der Waals surface area contributed by atoms with Crippen LogP contribution >= 0.6 is 0 Å². The van der Waals surface area contributed by atoms with Crippen LogP contribution in [0.15, 0.2) is 0 Å². The molecule has 0 unspecified atom stereocenters. The summed E-state index contributed by atoms with van der Waals surface area (Å²) in [4.78, 5) is 25.3. The molecule has 5 rings (SSSR count). The molecule has 5 saturated carbocycles. The van der Waals surface area contributed by atoms with Crippen LogP contribution in [0.4, 0.5) is 4.79 Å². The van der Waals surface area contributed by atoms with Gasteiger partial charge in [-0.05, 0) is 75.2 Å². The monoisotopic (exact) mass is 349 g/mol. The first-order chi connectivity index (χ1) is 12.0. The van der Waals surface area contributed by atoms with Gasteiger partial charge in [-0.3, -0.25) is 9.69 Å². The molecule has 3 N–H and O–H groups in total. The van der Waals surface area contributed by atoms with Gasteiger partial charge in [0, 0.05) is 18.1 Å². The lowest BCUT2D eigenvalue weighted by molar-refractivity contribution is -0.139. The van der Waals surface area contributed by atoms with E-state index in [2.05, 4.69) is 10.6 Å². The molecule has 5 aliphatic carbocycles. The van der Waals surface area contributed by atoms with Crippen molar-refractivity contribution in [1.82, 2.24) is 15.5 Å². The second-order valence-electron chi connectivity index (χ2n) is 8.85. The number of carboxylic acids is 1. The van der Waals surface area contributed by atoms with E-state index in [-0.39, 0.29) is 24.7 Å². The fraction of sp³-hybridized carbons (Fsp3) is 0.895. The molecule has 0 aromatic carbocycles. The van der Waals surface area contributed by atoms with Gasteiger partial charge in [-0.15, -0.1) is 0 Å². The Balaban J connectivity index is 1.22. The summed E-state index contributed by atoms with van der Waals surface area (Å²) in [5.74, 6) is 2.46. The SMILES string of the molecule is CCN(CC(=O)O)C1CC(NC(=O)NC2C3CC4CC(C3)CC2C4)C1. The van der Waals surface area contributed by atoms with Crippen molar-refractivity contribution in [2.75, 3.05) is 13.1 Å². The van der Waals surface area contributed by atoms with Crippen molar-refractivity contribution < 1.29 is 14.7 Å². The van der Waals surface area contributed by atoms with Crippen molar-refractivity contribution >= 4 is 12.0 Å². The first kappa shape index (κ1) is 17.1. The van der Waals surface area contributed by atoms with Crippen molar-refractivity contribution in [3.63, 3.8) is 0 Å². The van der Waals surface area contributed by atoms with Crippen LogP contribution in [0.5, 0.6) is 0 Å². The first-order valence-corrected chi connectivity index (χ1v) is 10.0. The van der Waals surface area contributed by atoms with E-state index in [0.717, 1.165) is 31.2 Å². The van der Waals surface area contributed by atoms with E-state index in [9.17, 15) is 9.59 Å². The summed E-state index contributed by atoms with van der Waals surface area (Å²) in [6.07, 6.45) is 8.38. The second-order valence-corrected chi connectivity index (χ2v) is 8.85. The van der Waals surface area contributed by atoms with Crippen LogP contribution < -0.4 is 10.6 Å². The standard InChI is InChI=1S/C19H31N3O3/c1-2-22(10-17(23)24)16-8-15(9-16)20-19(25)21-18-13-4-11-3-12(6-13)7-14(18)5-11/h11-16,18H,2-10H2,1H3,(H,23,24)(H2,20,21,25). The zero-order valence-corrected chi connectivity index (χ0v) is 15.1. The smallest absolute Gasteiger partial charge is 0.317 e. The Labute approximate surface area is 149 Å². The Morgan fingerprint density at radius 2 is 1.56 bits per heavy atom. The molecule has 0 aromatic heterocycles. The van der Waals surface area contributed by atoms with E-state index < -0.39 is 5.97 Å². The molecule has 140 valence electrons. The number of hydrogen-bond acceptors (Lipinski definition) is 3. The van der Waals surface area contributed by atoms with Gasteiger partial charge in [0.1, 0.15) is 0 Å². The predicted octanol–water partition coefficient (Wildman–Crippen LogP) is 2.05. The van der Waals surface area contributed by atoms with Crippen LogP contribution in [-0.2, 0) is 4.79 Å². The van der Waals surface area contributed by atoms with Crippen molar-refractivity contribution in [2.24, 2.45) is 23.7 Å². The fourth-order valence-electron chi connectivity index (χ4n) is 6.22. The number of carboxylic acid groups (broad SMARTS) is 1. The number of likely N-dealkylation sites (N-methyl/N-ethyl adjacent to an activating group) is 1. The Hall–Kier alpha value is -1.30. The van der Waals surface area contributed by atoms with Crippen LogP contribution in [0.2, 0.25) is 0 Å². The Kier molecular flexibility index (Phi) is 4.65. The third kappa shape index (κ3) is 3.50. The molecular weight excluding hydrogens is 318 g/mol. The van der Waals surface area contributed by atoms with E-state index in [1.54, 1.807) is 0 Å². The van der Waals surface area contributed by atoms with Gasteiger partial charge < -0.3 is 15.7 Å². The number of hydrogen-bond donors (Lipinski definition) is 3. The summed E-state index contributed by atoms with van der Waals surface area (Å²) in [6.45, 7) is 2.82. The fourth-order valence-corrected chi connectivity index (χ4v) is 6.22. The normalized spacial score (nSPS) is 41.4. The Bertz CT molecular complexity index is 504. The van der Waals surface area contributed by atoms with E-state index in [1.165, 1.54) is 32.1 Å². The van der Waals surface area contributed by atoms with Gasteiger partial charge in [0.05, 0.1) is 6.54 Å². The Morgan fingerprint density at radius 3 is 2.08 bits per heavy atom. The lowest BCUT2D eigenvalue weighted by atomic mass is 9.54. The topological polar surface area (TPSA) is 81.7 Å². The van der Waals surface area contributed by atoms with E-state index in [1.807, 2.05) is 11.8 Å². The largest absolute Gasteiger partial charge is 0.480 e. The molecule has 0 radical (unpaired) electrons. The number of urea groups is 1. The van der Waals surface area contributed by atoms with Crippen molar-refractivity contribution in [1.29, 1.82) is 0 Å². The van der Waals surface area contributed by atoms with Crippen LogP contribution in [0.1, 0.15) is 51.9 Å². The summed E-state index contributed by atoms with van der Waals surface area (Å²) in [7, 11) is 0. The Morgan fingerprint density at radius 1 is 0.960 bits per heavy atom. The molecule has 5 fully saturated rings. The minimum Gasteiger partial charge on any atom is -0.480 e. The molecule has 25 heavy (non-hydrogen) atoms. The lowest BCUT2D eigenvalue weighted by Gasteiger charge is -2.54. The summed E-state index contributed by atoms with van der Waals surface area (Å²) >= 11 is 0. The highest BCUT2D eigenvalue weighted by Crippen LogP contribution is 2.53. The van der Waals surface area contributed by atoms with Crippen LogP contribution in [0, 0.1) is 23.7 Å². The maximum Gasteiger partial charge on any atom is 0.317 e. The van der Waals surface area contributed by atoms with Gasteiger partial charge in [0.15, 0.2) is 0 Å². The average Bonchev–Trinajstić information content (AvgIpc) is 2.51. The van der Waals surface area contributed by atoms with Crippen molar-refractivity contribution in [2.45, 2.75) is 70.0 Å². The average molecular weight is 349 g/mol. The van der Waals surface area contributed by atoms with Gasteiger partial charge in [0.2, 0.25) is 0 Å². The van der Waals surface area contributed by atoms with Crippen LogP contribution in [0.3, 0.4) is 0 Å². The van der Waals surface area contributed by atoms with E-state index in [4.69, 9.17) is 5.11 Å². The van der Waals surface area contributed by atoms with Crippen LogP contribution in [-0.4, -0.2) is 53.2 Å². The van der Waals surface area contributed by atoms with E-state index in [0.29, 0.717) is 17.9 Å². The van der Waals surface area contributed by atoms with Gasteiger partial charge in [-0.1, -0.05) is 6.92 Å². The van der Waals surface area contributed by atoms with Gasteiger partial charge in [0.25, 0.3) is 0 Å². The molecule has 4 bridgehead atoms. The lowest BCUT2D eigenvalue weighted by Crippen LogP contribution is -2.60. The molecule has 0 heterocycles. The number of carbonyl (C=O) groups excluding carboxylic acids is 1. The predicted molar refractivity (Wildman–Crippen MR) is 94.2 cm³/mol. The molecule has 5 aliphatic rings. The highest BCUT2D eigenvalue weighted by Gasteiger charge is 2.48. The number of amides is 2. The maximum atomic E-state index is 12.4. The second kappa shape index (κ2) is 6.78. The molecule has 0 saturated heterocycles. The third-order valence-corrected chi connectivity index (χ3v) is 7.23. The maximum absolute atomic E-state index is 12.4. The first-order valence-electron chi connectivity index (χ1n) is 10.0. The minimum absolute atomic E-state index is 0.0118. The minimum atomic E-state index is -0.780. The van der Waals surface area contributed by atoms with Gasteiger partial charge in [-0.25, -0.2) is 4.79 Å². The van der Waals surface area contributed by atoms with E-state index >= 15 is 0 Å². The highest BCUT2D eigenvalue weighted by atomic mass is 16.4. The summed E-state index contributed by atoms with van der Waals surface area (Å²) in [5.41, 5.74) is 0. The molecular formula is C19H31N3O3. The molecule has 0 atom stereocenters. The number of aliphatic carboxylic acids is 1. The molecule has 6 heteroatoms. The molecule has 0 aromatic rings. The molecule has 2 amide bonds. The highest BCUT2D eigenvalue weighted by molar-refractivity contribution is 5.75. The number of carbonyl (C=O) groups is 2. The zero-order chi connectivity index (χ0) is 17.6. The molecule has 0 spiro atoms. The summed E-state index contributed by atoms with van der Waals surface area (Å²) in [6, 6.07) is 0.835. The summed E-state index contributed by atoms with van der Waals surface area (Å²) in [5, 5.41) is 15.4. The quantitative estimate of drug-likeness (QED) is 0.685. The third-order valence-electron chi connectivity index (χ3n) is 7.23. The van der Waals surface area contributed by atoms with Crippen LogP contribution in [0.25, 0.3) is 0 Å². The summed E-state index contributed by atoms with van der Waals surface area (Å²) < 4.78 is 0. The van der Waals surface area contributed by atoms with Gasteiger partial charge in [-0.2, -0.15) is 0 Å². The number of nitrogens with one attached hydrogen (secondary N) is 2.